The number of benzene rings is 1. The fourth-order valence-electron chi connectivity index (χ4n) is 3.09. The molecule has 1 aromatic rings. The number of oxime groups is 1. The summed E-state index contributed by atoms with van der Waals surface area (Å²) in [5.74, 6) is 0. The van der Waals surface area contributed by atoms with E-state index in [4.69, 9.17) is 14.3 Å². The van der Waals surface area contributed by atoms with Crippen LogP contribution in [0, 0.1) is 0 Å². The van der Waals surface area contributed by atoms with Crippen LogP contribution in [-0.4, -0.2) is 115 Å². The van der Waals surface area contributed by atoms with Gasteiger partial charge in [0.25, 0.3) is 0 Å². The molecule has 12 heteroatoms. The molecule has 1 aliphatic heterocycles. The summed E-state index contributed by atoms with van der Waals surface area (Å²) in [6.45, 7) is 2.12. The molecule has 0 amide bonds. The molecule has 0 aromatic heterocycles. The van der Waals surface area contributed by atoms with E-state index in [1.165, 1.54) is 0 Å². The first-order valence-electron chi connectivity index (χ1n) is 10.2. The lowest BCUT2D eigenvalue weighted by atomic mass is 9.98. The molecule has 9 atom stereocenters. The Bertz CT molecular complexity index is 744. The predicted octanol–water partition coefficient (Wildman–Crippen LogP) is -2.91. The van der Waals surface area contributed by atoms with Gasteiger partial charge in [-0.25, -0.2) is 0 Å². The molecule has 1 aliphatic rings. The monoisotopic (exact) mass is 473 g/mol. The van der Waals surface area contributed by atoms with E-state index in [1.807, 2.05) is 12.1 Å². The summed E-state index contributed by atoms with van der Waals surface area (Å²) in [6.07, 6.45) is -12.7. The average Bonchev–Trinajstić information content (AvgIpc) is 2.84. The third-order valence-electron chi connectivity index (χ3n) is 5.13. The Hall–Kier alpha value is -1.97. The van der Waals surface area contributed by atoms with Gasteiger partial charge in [0.1, 0.15) is 55.4 Å². The summed E-state index contributed by atoms with van der Waals surface area (Å²) in [5.41, 5.74) is 1.71. The Labute approximate surface area is 190 Å². The third kappa shape index (κ3) is 7.25. The van der Waals surface area contributed by atoms with Gasteiger partial charge in [0, 0.05) is 0 Å². The molecule has 2 rings (SSSR count). The van der Waals surface area contributed by atoms with Gasteiger partial charge in [-0.1, -0.05) is 42.1 Å². The standard InChI is InChI=1S/C21H31NO11/c1-2-11-3-5-12(6-4-11)10-31-22-7-13(25)16(27)20(14(26)8-23)33-21-19(30)18(29)17(28)15(9-24)32-21/h2-7,13-21,23-30H,1,8-10H2/b22-7+/t13-,14+,15+,16+,17-,18-,19+,20+,21-/m0/s1. The number of rotatable bonds is 12. The lowest BCUT2D eigenvalue weighted by Crippen LogP contribution is -2.61. The minimum absolute atomic E-state index is 0.0702. The molecular formula is C21H31NO11. The summed E-state index contributed by atoms with van der Waals surface area (Å²) < 4.78 is 10.5. The topological polar surface area (TPSA) is 202 Å². The van der Waals surface area contributed by atoms with Crippen LogP contribution in [0.2, 0.25) is 0 Å². The fraction of sp³-hybridized carbons (Fsp3) is 0.571. The van der Waals surface area contributed by atoms with E-state index in [0.29, 0.717) is 0 Å². The minimum Gasteiger partial charge on any atom is -0.394 e. The third-order valence-corrected chi connectivity index (χ3v) is 5.13. The fourth-order valence-corrected chi connectivity index (χ4v) is 3.09. The first kappa shape index (κ1) is 27.3. The number of hydrogen-bond acceptors (Lipinski definition) is 12. The highest BCUT2D eigenvalue weighted by Crippen LogP contribution is 2.24. The van der Waals surface area contributed by atoms with Crippen LogP contribution in [-0.2, 0) is 20.9 Å². The lowest BCUT2D eigenvalue weighted by Gasteiger charge is -2.42. The molecule has 0 radical (unpaired) electrons. The van der Waals surface area contributed by atoms with Crippen LogP contribution in [0.5, 0.6) is 0 Å². The van der Waals surface area contributed by atoms with Gasteiger partial charge in [0.2, 0.25) is 0 Å². The maximum absolute atomic E-state index is 10.4. The van der Waals surface area contributed by atoms with Gasteiger partial charge in [-0.2, -0.15) is 0 Å². The van der Waals surface area contributed by atoms with Crippen molar-refractivity contribution in [2.75, 3.05) is 13.2 Å². The summed E-state index contributed by atoms with van der Waals surface area (Å²) in [4.78, 5) is 5.07. The predicted molar refractivity (Wildman–Crippen MR) is 114 cm³/mol. The van der Waals surface area contributed by atoms with Crippen LogP contribution in [0.3, 0.4) is 0 Å². The number of aliphatic hydroxyl groups excluding tert-OH is 8. The Kier molecular flexibility index (Phi) is 10.8. The molecule has 1 fully saturated rings. The van der Waals surface area contributed by atoms with E-state index in [1.54, 1.807) is 18.2 Å². The molecular weight excluding hydrogens is 442 g/mol. The van der Waals surface area contributed by atoms with Crippen molar-refractivity contribution in [1.82, 2.24) is 0 Å². The van der Waals surface area contributed by atoms with Crippen molar-refractivity contribution < 1.29 is 55.2 Å². The highest BCUT2D eigenvalue weighted by molar-refractivity contribution is 5.63. The van der Waals surface area contributed by atoms with Crippen LogP contribution in [0.15, 0.2) is 36.0 Å². The van der Waals surface area contributed by atoms with E-state index in [0.717, 1.165) is 17.3 Å². The Morgan fingerprint density at radius 3 is 2.27 bits per heavy atom. The number of nitrogens with zero attached hydrogens (tertiary/aromatic N) is 1. The molecule has 1 saturated heterocycles. The number of hydrogen-bond donors (Lipinski definition) is 8. The molecule has 8 N–H and O–H groups in total. The van der Waals surface area contributed by atoms with Crippen molar-refractivity contribution in [2.24, 2.45) is 5.16 Å². The average molecular weight is 473 g/mol. The Balaban J connectivity index is 1.99. The van der Waals surface area contributed by atoms with Crippen molar-refractivity contribution in [3.8, 4) is 0 Å². The molecule has 33 heavy (non-hydrogen) atoms. The summed E-state index contributed by atoms with van der Waals surface area (Å²) in [7, 11) is 0. The zero-order valence-electron chi connectivity index (χ0n) is 17.7. The van der Waals surface area contributed by atoms with Crippen LogP contribution in [0.4, 0.5) is 0 Å². The van der Waals surface area contributed by atoms with Gasteiger partial charge in [0.15, 0.2) is 6.29 Å². The number of aliphatic hydroxyl groups is 8. The van der Waals surface area contributed by atoms with Crippen LogP contribution < -0.4 is 0 Å². The van der Waals surface area contributed by atoms with Crippen molar-refractivity contribution in [3.63, 3.8) is 0 Å². The zero-order chi connectivity index (χ0) is 24.5. The SMILES string of the molecule is C=Cc1ccc(CO/N=C/[C@H](O)[C@@H](O)[C@H](O[C@@H]2O[C@H](CO)[C@H](O)[C@H](O)[C@H]2O)[C@H](O)CO)cc1. The van der Waals surface area contributed by atoms with Crippen LogP contribution >= 0.6 is 0 Å². The van der Waals surface area contributed by atoms with Gasteiger partial charge < -0.3 is 55.2 Å². The molecule has 186 valence electrons. The van der Waals surface area contributed by atoms with Crippen molar-refractivity contribution in [1.29, 1.82) is 0 Å². The van der Waals surface area contributed by atoms with Crippen LogP contribution in [0.25, 0.3) is 6.08 Å². The van der Waals surface area contributed by atoms with Crippen molar-refractivity contribution >= 4 is 12.3 Å². The molecule has 1 aromatic carbocycles. The second-order valence-electron chi connectivity index (χ2n) is 7.50. The molecule has 0 spiro atoms. The largest absolute Gasteiger partial charge is 0.394 e. The number of ether oxygens (including phenoxy) is 2. The molecule has 1 heterocycles. The van der Waals surface area contributed by atoms with E-state index in [9.17, 15) is 40.9 Å². The van der Waals surface area contributed by atoms with Crippen LogP contribution in [0.1, 0.15) is 11.1 Å². The second-order valence-corrected chi connectivity index (χ2v) is 7.50. The molecule has 12 nitrogen and oxygen atoms in total. The zero-order valence-corrected chi connectivity index (χ0v) is 17.7. The highest BCUT2D eigenvalue weighted by atomic mass is 16.7. The molecule has 0 aliphatic carbocycles. The molecule has 0 bridgehead atoms. The summed E-state index contributed by atoms with van der Waals surface area (Å²) >= 11 is 0. The van der Waals surface area contributed by atoms with Crippen molar-refractivity contribution in [2.45, 2.75) is 61.7 Å². The normalized spacial score (nSPS) is 29.4. The maximum atomic E-state index is 10.4. The van der Waals surface area contributed by atoms with E-state index >= 15 is 0 Å². The Morgan fingerprint density at radius 1 is 1.03 bits per heavy atom. The maximum Gasteiger partial charge on any atom is 0.187 e. The van der Waals surface area contributed by atoms with Gasteiger partial charge in [-0.05, 0) is 11.1 Å². The van der Waals surface area contributed by atoms with E-state index < -0.39 is 68.3 Å². The van der Waals surface area contributed by atoms with Gasteiger partial charge in [-0.3, -0.25) is 0 Å². The quantitative estimate of drug-likeness (QED) is 0.114. The Morgan fingerprint density at radius 2 is 1.70 bits per heavy atom. The van der Waals surface area contributed by atoms with Gasteiger partial charge in [0.05, 0.1) is 19.4 Å². The van der Waals surface area contributed by atoms with E-state index in [2.05, 4.69) is 11.7 Å². The smallest absolute Gasteiger partial charge is 0.187 e. The highest BCUT2D eigenvalue weighted by Gasteiger charge is 2.46. The first-order chi connectivity index (χ1) is 15.7. The van der Waals surface area contributed by atoms with Gasteiger partial charge in [-0.15, -0.1) is 0 Å². The first-order valence-corrected chi connectivity index (χ1v) is 10.2. The summed E-state index contributed by atoms with van der Waals surface area (Å²) in [6, 6.07) is 7.23. The van der Waals surface area contributed by atoms with Crippen molar-refractivity contribution in [3.05, 3.63) is 42.0 Å². The van der Waals surface area contributed by atoms with E-state index in [-0.39, 0.29) is 6.61 Å². The molecule has 0 unspecified atom stereocenters. The minimum atomic E-state index is -1.88. The second kappa shape index (κ2) is 13.1. The van der Waals surface area contributed by atoms with Gasteiger partial charge >= 0.3 is 0 Å². The molecule has 0 saturated carbocycles. The summed E-state index contributed by atoms with van der Waals surface area (Å²) in [5, 5.41) is 82.5. The lowest BCUT2D eigenvalue weighted by molar-refractivity contribution is -0.326.